The first-order valence-corrected chi connectivity index (χ1v) is 11.8. The molecular formula is C26H29F2N5O2. The zero-order valence-electron chi connectivity index (χ0n) is 20.0. The lowest BCUT2D eigenvalue weighted by Crippen LogP contribution is -2.03. The second kappa shape index (κ2) is 11.8. The van der Waals surface area contributed by atoms with Crippen molar-refractivity contribution < 1.29 is 18.3 Å². The molecule has 35 heavy (non-hydrogen) atoms. The highest BCUT2D eigenvalue weighted by Crippen LogP contribution is 2.33. The van der Waals surface area contributed by atoms with Crippen LogP contribution >= 0.6 is 0 Å². The fourth-order valence-electron chi connectivity index (χ4n) is 3.68. The molecule has 184 valence electrons. The number of hydrogen-bond donors (Lipinski definition) is 0. The smallest absolute Gasteiger partial charge is 0.163 e. The fraction of sp³-hybridized carbons (Fsp3) is 0.385. The van der Waals surface area contributed by atoms with E-state index in [1.54, 1.807) is 13.0 Å². The highest BCUT2D eigenvalue weighted by atomic mass is 19.1. The Labute approximate surface area is 203 Å². The molecule has 3 aromatic heterocycles. The lowest BCUT2D eigenvalue weighted by molar-refractivity contribution is 0.0968. The van der Waals surface area contributed by atoms with Crippen LogP contribution in [0.4, 0.5) is 8.78 Å². The number of pyridine rings is 1. The molecule has 1 aliphatic heterocycles. The molecule has 6 rings (SSSR count). The van der Waals surface area contributed by atoms with Gasteiger partial charge in [-0.3, -0.25) is 4.68 Å². The largest absolute Gasteiger partial charge is 0.495 e. The van der Waals surface area contributed by atoms with Gasteiger partial charge in [-0.1, -0.05) is 0 Å². The SMILES string of the molecule is C1CCOCC1.COc1cc2c(-c3ccc(F)cc3F)ncnc2nc1C.c1cnn(C2CC2)c1. The molecule has 1 saturated heterocycles. The average Bonchev–Trinajstić information content (AvgIpc) is 3.59. The van der Waals surface area contributed by atoms with E-state index < -0.39 is 11.6 Å². The number of nitrogens with zero attached hydrogens (tertiary/aromatic N) is 5. The van der Waals surface area contributed by atoms with Crippen molar-refractivity contribution in [3.05, 3.63) is 66.4 Å². The first-order chi connectivity index (χ1) is 17.1. The Morgan fingerprint density at radius 3 is 2.43 bits per heavy atom. The van der Waals surface area contributed by atoms with Crippen molar-refractivity contribution in [2.45, 2.75) is 45.1 Å². The van der Waals surface area contributed by atoms with Gasteiger partial charge in [0.25, 0.3) is 0 Å². The predicted molar refractivity (Wildman–Crippen MR) is 129 cm³/mol. The second-order valence-electron chi connectivity index (χ2n) is 8.38. The molecule has 0 radical (unpaired) electrons. The normalized spacial score (nSPS) is 15.0. The number of aromatic nitrogens is 5. The van der Waals surface area contributed by atoms with Crippen LogP contribution < -0.4 is 4.74 Å². The summed E-state index contributed by atoms with van der Waals surface area (Å²) < 4.78 is 39.3. The van der Waals surface area contributed by atoms with Gasteiger partial charge >= 0.3 is 0 Å². The van der Waals surface area contributed by atoms with Crippen LogP contribution in [-0.2, 0) is 4.74 Å². The Bertz CT molecular complexity index is 1230. The standard InChI is InChI=1S/C15H11F2N3O.C6H8N2.C5H10O/c1-8-13(21-2)6-11-14(18-7-19-15(11)20-8)10-4-3-9(16)5-12(10)17;1-4-7-8(5-1)6-2-3-6;1-2-4-6-5-3-1/h3-7H,1-2H3;1,4-6H,2-3H2;1-5H2. The Morgan fingerprint density at radius 2 is 1.86 bits per heavy atom. The van der Waals surface area contributed by atoms with Gasteiger partial charge in [-0.2, -0.15) is 5.10 Å². The summed E-state index contributed by atoms with van der Waals surface area (Å²) in [6, 6.07) is 7.77. The number of benzene rings is 1. The molecule has 1 aliphatic carbocycles. The number of halogens is 2. The zero-order chi connectivity index (χ0) is 24.6. The lowest BCUT2D eigenvalue weighted by Gasteiger charge is -2.09. The Hall–Kier alpha value is -3.46. The lowest BCUT2D eigenvalue weighted by atomic mass is 10.1. The summed E-state index contributed by atoms with van der Waals surface area (Å²) in [6.45, 7) is 3.79. The van der Waals surface area contributed by atoms with E-state index in [1.165, 1.54) is 57.7 Å². The molecular weight excluding hydrogens is 452 g/mol. The molecule has 0 N–H and O–H groups in total. The van der Waals surface area contributed by atoms with Gasteiger partial charge in [-0.05, 0) is 63.3 Å². The van der Waals surface area contributed by atoms with Gasteiger partial charge in [0.1, 0.15) is 23.7 Å². The van der Waals surface area contributed by atoms with Gasteiger partial charge in [0.2, 0.25) is 0 Å². The Morgan fingerprint density at radius 1 is 1.06 bits per heavy atom. The van der Waals surface area contributed by atoms with Crippen LogP contribution in [0.2, 0.25) is 0 Å². The highest BCUT2D eigenvalue weighted by Gasteiger charge is 2.23. The summed E-state index contributed by atoms with van der Waals surface area (Å²) >= 11 is 0. The predicted octanol–water partition coefficient (Wildman–Crippen LogP) is 5.69. The molecule has 0 bridgehead atoms. The topological polar surface area (TPSA) is 75.0 Å². The summed E-state index contributed by atoms with van der Waals surface area (Å²) in [6.07, 6.45) is 11.7. The quantitative estimate of drug-likeness (QED) is 0.374. The fourth-order valence-corrected chi connectivity index (χ4v) is 3.68. The van der Waals surface area contributed by atoms with Crippen molar-refractivity contribution in [1.82, 2.24) is 24.7 Å². The molecule has 0 unspecified atom stereocenters. The molecule has 1 aromatic carbocycles. The van der Waals surface area contributed by atoms with Gasteiger partial charge in [0.15, 0.2) is 5.65 Å². The Kier molecular flexibility index (Phi) is 8.31. The van der Waals surface area contributed by atoms with Crippen LogP contribution in [0, 0.1) is 18.6 Å². The summed E-state index contributed by atoms with van der Waals surface area (Å²) in [5, 5.41) is 4.64. The van der Waals surface area contributed by atoms with E-state index in [1.807, 2.05) is 23.1 Å². The van der Waals surface area contributed by atoms with Crippen LogP contribution in [0.15, 0.2) is 49.1 Å². The molecule has 0 spiro atoms. The van der Waals surface area contributed by atoms with Crippen molar-refractivity contribution >= 4 is 11.0 Å². The average molecular weight is 482 g/mol. The number of aryl methyl sites for hydroxylation is 1. The molecule has 2 fully saturated rings. The third-order valence-corrected chi connectivity index (χ3v) is 5.70. The van der Waals surface area contributed by atoms with Gasteiger partial charge < -0.3 is 9.47 Å². The third-order valence-electron chi connectivity index (χ3n) is 5.70. The second-order valence-corrected chi connectivity index (χ2v) is 8.38. The van der Waals surface area contributed by atoms with Gasteiger partial charge in [0.05, 0.1) is 24.5 Å². The molecule has 1 saturated carbocycles. The molecule has 0 amide bonds. The maximum absolute atomic E-state index is 14.0. The minimum Gasteiger partial charge on any atom is -0.495 e. The van der Waals surface area contributed by atoms with E-state index in [2.05, 4.69) is 20.1 Å². The van der Waals surface area contributed by atoms with E-state index in [0.29, 0.717) is 28.2 Å². The monoisotopic (exact) mass is 481 g/mol. The molecule has 4 heterocycles. The van der Waals surface area contributed by atoms with Crippen LogP contribution in [0.1, 0.15) is 43.8 Å². The minimum absolute atomic E-state index is 0.191. The van der Waals surface area contributed by atoms with Crippen LogP contribution in [0.25, 0.3) is 22.3 Å². The van der Waals surface area contributed by atoms with Crippen LogP contribution in [0.5, 0.6) is 5.75 Å². The van der Waals surface area contributed by atoms with Crippen LogP contribution in [0.3, 0.4) is 0 Å². The van der Waals surface area contributed by atoms with E-state index in [-0.39, 0.29) is 5.56 Å². The van der Waals surface area contributed by atoms with E-state index in [0.717, 1.165) is 25.3 Å². The first-order valence-electron chi connectivity index (χ1n) is 11.8. The van der Waals surface area contributed by atoms with Gasteiger partial charge in [0, 0.05) is 42.6 Å². The maximum Gasteiger partial charge on any atom is 0.163 e. The molecule has 4 aromatic rings. The zero-order valence-corrected chi connectivity index (χ0v) is 20.0. The van der Waals surface area contributed by atoms with Crippen LogP contribution in [-0.4, -0.2) is 45.1 Å². The van der Waals surface area contributed by atoms with Crippen molar-refractivity contribution in [3.63, 3.8) is 0 Å². The molecule has 0 atom stereocenters. The number of fused-ring (bicyclic) bond motifs is 1. The summed E-state index contributed by atoms with van der Waals surface area (Å²) in [5.74, 6) is -0.767. The van der Waals surface area contributed by atoms with E-state index in [4.69, 9.17) is 9.47 Å². The summed E-state index contributed by atoms with van der Waals surface area (Å²) in [7, 11) is 1.53. The third kappa shape index (κ3) is 6.57. The summed E-state index contributed by atoms with van der Waals surface area (Å²) in [4.78, 5) is 12.5. The highest BCUT2D eigenvalue weighted by molar-refractivity contribution is 5.91. The minimum atomic E-state index is -0.686. The number of rotatable bonds is 3. The number of ether oxygens (including phenoxy) is 2. The molecule has 7 nitrogen and oxygen atoms in total. The summed E-state index contributed by atoms with van der Waals surface area (Å²) in [5.41, 5.74) is 1.65. The Balaban J connectivity index is 0.000000166. The van der Waals surface area contributed by atoms with Gasteiger partial charge in [-0.25, -0.2) is 23.7 Å². The molecule has 9 heteroatoms. The van der Waals surface area contributed by atoms with Crippen molar-refractivity contribution in [3.8, 4) is 17.0 Å². The van der Waals surface area contributed by atoms with Crippen molar-refractivity contribution in [2.24, 2.45) is 0 Å². The van der Waals surface area contributed by atoms with Gasteiger partial charge in [-0.15, -0.1) is 0 Å². The van der Waals surface area contributed by atoms with Crippen molar-refractivity contribution in [2.75, 3.05) is 20.3 Å². The maximum atomic E-state index is 14.0. The van der Waals surface area contributed by atoms with E-state index >= 15 is 0 Å². The van der Waals surface area contributed by atoms with Crippen molar-refractivity contribution in [1.29, 1.82) is 0 Å². The molecule has 2 aliphatic rings. The number of methoxy groups -OCH3 is 1. The first kappa shape index (κ1) is 24.7. The number of hydrogen-bond acceptors (Lipinski definition) is 6. The van der Waals surface area contributed by atoms with E-state index in [9.17, 15) is 8.78 Å².